The molecule has 3 heteroatoms. The van der Waals surface area contributed by atoms with Crippen LogP contribution in [0.1, 0.15) is 32.6 Å². The Hall–Kier alpha value is -0.570. The Morgan fingerprint density at radius 1 is 1.73 bits per heavy atom. The summed E-state index contributed by atoms with van der Waals surface area (Å²) < 4.78 is 5.55. The Labute approximate surface area is 67.4 Å². The van der Waals surface area contributed by atoms with Crippen LogP contribution in [0.3, 0.4) is 0 Å². The number of rotatable bonds is 4. The first-order valence-corrected chi connectivity index (χ1v) is 4.23. The molecule has 1 aliphatic carbocycles. The van der Waals surface area contributed by atoms with Crippen LogP contribution < -0.4 is 5.73 Å². The van der Waals surface area contributed by atoms with Crippen LogP contribution in [0.5, 0.6) is 0 Å². The van der Waals surface area contributed by atoms with Crippen molar-refractivity contribution in [3.63, 3.8) is 0 Å². The molecule has 0 bridgehead atoms. The Morgan fingerprint density at radius 2 is 2.36 bits per heavy atom. The summed E-state index contributed by atoms with van der Waals surface area (Å²) in [6, 6.07) is 0. The lowest BCUT2D eigenvalue weighted by Gasteiger charge is -2.29. The molecule has 0 radical (unpaired) electrons. The van der Waals surface area contributed by atoms with Gasteiger partial charge in [0.2, 0.25) is 0 Å². The van der Waals surface area contributed by atoms with Gasteiger partial charge in [-0.25, -0.2) is 0 Å². The minimum absolute atomic E-state index is 0.139. The van der Waals surface area contributed by atoms with Gasteiger partial charge in [-0.3, -0.25) is 5.41 Å². The SMILES string of the molecule is CCC(OC1CCC1)C(=N)N. The molecular weight excluding hydrogens is 140 g/mol. The van der Waals surface area contributed by atoms with Gasteiger partial charge in [-0.2, -0.15) is 0 Å². The molecule has 1 aliphatic rings. The summed E-state index contributed by atoms with van der Waals surface area (Å²) in [5, 5.41) is 7.20. The van der Waals surface area contributed by atoms with Crippen LogP contribution in [-0.4, -0.2) is 18.0 Å². The smallest absolute Gasteiger partial charge is 0.120 e. The van der Waals surface area contributed by atoms with Gasteiger partial charge in [-0.15, -0.1) is 0 Å². The molecule has 3 nitrogen and oxygen atoms in total. The van der Waals surface area contributed by atoms with Gasteiger partial charge in [-0.05, 0) is 25.7 Å². The van der Waals surface area contributed by atoms with Crippen LogP contribution in [-0.2, 0) is 4.74 Å². The molecule has 1 saturated carbocycles. The molecule has 0 aromatic carbocycles. The van der Waals surface area contributed by atoms with Crippen molar-refractivity contribution in [1.29, 1.82) is 5.41 Å². The van der Waals surface area contributed by atoms with E-state index in [0.717, 1.165) is 19.3 Å². The van der Waals surface area contributed by atoms with Gasteiger partial charge in [0.05, 0.1) is 6.10 Å². The average molecular weight is 156 g/mol. The van der Waals surface area contributed by atoms with E-state index in [1.54, 1.807) is 0 Å². The van der Waals surface area contributed by atoms with Gasteiger partial charge >= 0.3 is 0 Å². The van der Waals surface area contributed by atoms with Crippen molar-refractivity contribution >= 4 is 5.84 Å². The van der Waals surface area contributed by atoms with Gasteiger partial charge in [0.25, 0.3) is 0 Å². The number of nitrogens with one attached hydrogen (secondary N) is 1. The van der Waals surface area contributed by atoms with Crippen molar-refractivity contribution in [2.45, 2.75) is 44.8 Å². The summed E-state index contributed by atoms with van der Waals surface area (Å²) in [6.45, 7) is 1.99. The molecule has 1 unspecified atom stereocenters. The third-order valence-corrected chi connectivity index (χ3v) is 2.13. The zero-order valence-corrected chi connectivity index (χ0v) is 6.97. The van der Waals surface area contributed by atoms with E-state index in [0.29, 0.717) is 6.10 Å². The predicted octanol–water partition coefficient (Wildman–Crippen LogP) is 1.27. The average Bonchev–Trinajstić information content (AvgIpc) is 1.85. The topological polar surface area (TPSA) is 59.1 Å². The number of nitrogens with two attached hydrogens (primary N) is 1. The van der Waals surface area contributed by atoms with Crippen LogP contribution in [0.4, 0.5) is 0 Å². The molecule has 0 spiro atoms. The summed E-state index contributed by atoms with van der Waals surface area (Å²) in [7, 11) is 0. The molecule has 0 aromatic rings. The van der Waals surface area contributed by atoms with Crippen molar-refractivity contribution in [3.8, 4) is 0 Å². The van der Waals surface area contributed by atoms with Crippen molar-refractivity contribution in [3.05, 3.63) is 0 Å². The lowest BCUT2D eigenvalue weighted by molar-refractivity contribution is -0.0239. The largest absolute Gasteiger partial charge is 0.385 e. The Morgan fingerprint density at radius 3 is 2.64 bits per heavy atom. The van der Waals surface area contributed by atoms with Crippen LogP contribution in [0.2, 0.25) is 0 Å². The van der Waals surface area contributed by atoms with E-state index in [9.17, 15) is 0 Å². The first-order valence-electron chi connectivity index (χ1n) is 4.23. The quantitative estimate of drug-likeness (QED) is 0.475. The summed E-state index contributed by atoms with van der Waals surface area (Å²) in [6.07, 6.45) is 4.60. The fourth-order valence-electron chi connectivity index (χ4n) is 1.13. The number of ether oxygens (including phenoxy) is 1. The zero-order chi connectivity index (χ0) is 8.27. The maximum absolute atomic E-state index is 7.20. The fourth-order valence-corrected chi connectivity index (χ4v) is 1.13. The van der Waals surface area contributed by atoms with E-state index < -0.39 is 0 Å². The van der Waals surface area contributed by atoms with E-state index in [4.69, 9.17) is 15.9 Å². The van der Waals surface area contributed by atoms with Gasteiger partial charge in [-0.1, -0.05) is 6.92 Å². The second-order valence-corrected chi connectivity index (χ2v) is 3.04. The van der Waals surface area contributed by atoms with Crippen molar-refractivity contribution in [2.24, 2.45) is 5.73 Å². The van der Waals surface area contributed by atoms with Crippen LogP contribution in [0.15, 0.2) is 0 Å². The Bertz CT molecular complexity index is 143. The van der Waals surface area contributed by atoms with Crippen molar-refractivity contribution in [2.75, 3.05) is 0 Å². The second kappa shape index (κ2) is 3.72. The number of hydrogen-bond donors (Lipinski definition) is 2. The highest BCUT2D eigenvalue weighted by atomic mass is 16.5. The minimum Gasteiger partial charge on any atom is -0.385 e. The molecule has 0 heterocycles. The van der Waals surface area contributed by atoms with Crippen LogP contribution in [0.25, 0.3) is 0 Å². The van der Waals surface area contributed by atoms with Gasteiger partial charge < -0.3 is 10.5 Å². The van der Waals surface area contributed by atoms with E-state index in [2.05, 4.69) is 0 Å². The molecule has 64 valence electrons. The third-order valence-electron chi connectivity index (χ3n) is 2.13. The summed E-state index contributed by atoms with van der Waals surface area (Å²) in [5.41, 5.74) is 5.33. The molecule has 0 aliphatic heterocycles. The maximum Gasteiger partial charge on any atom is 0.120 e. The van der Waals surface area contributed by atoms with Crippen molar-refractivity contribution in [1.82, 2.24) is 0 Å². The predicted molar refractivity (Wildman–Crippen MR) is 44.7 cm³/mol. The molecular formula is C8H16N2O. The standard InChI is InChI=1S/C8H16N2O/c1-2-7(8(9)10)11-6-4-3-5-6/h6-7H,2-5H2,1H3,(H3,9,10). The highest BCUT2D eigenvalue weighted by Crippen LogP contribution is 2.23. The molecule has 1 rings (SSSR count). The number of hydrogen-bond acceptors (Lipinski definition) is 2. The molecule has 0 amide bonds. The maximum atomic E-state index is 7.20. The number of amidine groups is 1. The van der Waals surface area contributed by atoms with E-state index in [1.165, 1.54) is 6.42 Å². The Kier molecular flexibility index (Phi) is 2.88. The molecule has 0 aromatic heterocycles. The normalized spacial score (nSPS) is 20.8. The highest BCUT2D eigenvalue weighted by Gasteiger charge is 2.22. The van der Waals surface area contributed by atoms with Gasteiger partial charge in [0.15, 0.2) is 0 Å². The lowest BCUT2D eigenvalue weighted by Crippen LogP contribution is -2.36. The molecule has 1 fully saturated rings. The third kappa shape index (κ3) is 2.19. The highest BCUT2D eigenvalue weighted by molar-refractivity contribution is 5.81. The van der Waals surface area contributed by atoms with E-state index >= 15 is 0 Å². The molecule has 0 saturated heterocycles. The first kappa shape index (κ1) is 8.53. The molecule has 11 heavy (non-hydrogen) atoms. The first-order chi connectivity index (χ1) is 5.24. The van der Waals surface area contributed by atoms with E-state index in [-0.39, 0.29) is 11.9 Å². The Balaban J connectivity index is 2.24. The van der Waals surface area contributed by atoms with Crippen LogP contribution in [0, 0.1) is 5.41 Å². The monoisotopic (exact) mass is 156 g/mol. The second-order valence-electron chi connectivity index (χ2n) is 3.04. The van der Waals surface area contributed by atoms with Gasteiger partial charge in [0.1, 0.15) is 11.9 Å². The minimum atomic E-state index is -0.139. The van der Waals surface area contributed by atoms with Crippen LogP contribution >= 0.6 is 0 Å². The molecule has 1 atom stereocenters. The lowest BCUT2D eigenvalue weighted by atomic mass is 9.96. The zero-order valence-electron chi connectivity index (χ0n) is 6.97. The summed E-state index contributed by atoms with van der Waals surface area (Å²) >= 11 is 0. The van der Waals surface area contributed by atoms with Gasteiger partial charge in [0, 0.05) is 0 Å². The summed E-state index contributed by atoms with van der Waals surface area (Å²) in [5.74, 6) is 0.166. The molecule has 3 N–H and O–H groups in total. The van der Waals surface area contributed by atoms with Crippen molar-refractivity contribution < 1.29 is 4.74 Å². The van der Waals surface area contributed by atoms with E-state index in [1.807, 2.05) is 6.92 Å². The summed E-state index contributed by atoms with van der Waals surface area (Å²) in [4.78, 5) is 0. The fraction of sp³-hybridized carbons (Fsp3) is 0.875.